The highest BCUT2D eigenvalue weighted by molar-refractivity contribution is 5.59. The number of nitrogens with zero attached hydrogens (tertiary/aromatic N) is 3. The van der Waals surface area contributed by atoms with Gasteiger partial charge in [0.05, 0.1) is 6.20 Å². The monoisotopic (exact) mass is 202 g/mol. The zero-order chi connectivity index (χ0) is 10.9. The van der Waals surface area contributed by atoms with Crippen LogP contribution in [0.2, 0.25) is 0 Å². The first-order valence-electron chi connectivity index (χ1n) is 4.89. The van der Waals surface area contributed by atoms with Gasteiger partial charge in [0.15, 0.2) is 0 Å². The molecule has 2 heterocycles. The maximum absolute atomic E-state index is 4.35. The summed E-state index contributed by atoms with van der Waals surface area (Å²) < 4.78 is 0. The minimum atomic E-state index is -0.00503. The molecule has 4 nitrogen and oxygen atoms in total. The zero-order valence-corrected chi connectivity index (χ0v) is 9.15. The fourth-order valence-electron chi connectivity index (χ4n) is 1.27. The van der Waals surface area contributed by atoms with E-state index in [-0.39, 0.29) is 5.41 Å². The van der Waals surface area contributed by atoms with Crippen LogP contribution < -0.4 is 0 Å². The molecule has 0 aliphatic heterocycles. The average Bonchev–Trinajstić information content (AvgIpc) is 2.69. The maximum Gasteiger partial charge on any atom is 0.133 e. The number of nitrogens with one attached hydrogen (secondary N) is 1. The molecule has 2 rings (SSSR count). The van der Waals surface area contributed by atoms with Gasteiger partial charge in [-0.2, -0.15) is 5.10 Å². The normalized spacial score (nSPS) is 11.7. The van der Waals surface area contributed by atoms with Crippen LogP contribution in [-0.4, -0.2) is 20.2 Å². The van der Waals surface area contributed by atoms with Gasteiger partial charge in [0.2, 0.25) is 0 Å². The standard InChI is InChI=1S/C11H14N4/c1-11(2,3)10-12-4-8(5-13-10)9-6-14-15-7-9/h4-7H,1-3H3,(H,14,15). The predicted molar refractivity (Wildman–Crippen MR) is 58.3 cm³/mol. The van der Waals surface area contributed by atoms with Gasteiger partial charge >= 0.3 is 0 Å². The van der Waals surface area contributed by atoms with Crippen molar-refractivity contribution in [3.05, 3.63) is 30.6 Å². The van der Waals surface area contributed by atoms with E-state index >= 15 is 0 Å². The molecule has 1 N–H and O–H groups in total. The number of hydrogen-bond acceptors (Lipinski definition) is 3. The van der Waals surface area contributed by atoms with Crippen molar-refractivity contribution in [1.29, 1.82) is 0 Å². The number of H-pyrrole nitrogens is 1. The Kier molecular flexibility index (Phi) is 2.26. The molecule has 0 aliphatic rings. The number of aromatic nitrogens is 4. The van der Waals surface area contributed by atoms with Gasteiger partial charge in [-0.1, -0.05) is 20.8 Å². The Morgan fingerprint density at radius 3 is 2.13 bits per heavy atom. The van der Waals surface area contributed by atoms with Crippen LogP contribution in [-0.2, 0) is 5.41 Å². The second-order valence-corrected chi connectivity index (χ2v) is 4.53. The summed E-state index contributed by atoms with van der Waals surface area (Å²) in [7, 11) is 0. The van der Waals surface area contributed by atoms with Crippen LogP contribution >= 0.6 is 0 Å². The van der Waals surface area contributed by atoms with E-state index in [2.05, 4.69) is 40.9 Å². The van der Waals surface area contributed by atoms with Crippen molar-refractivity contribution in [2.45, 2.75) is 26.2 Å². The Morgan fingerprint density at radius 2 is 1.67 bits per heavy atom. The lowest BCUT2D eigenvalue weighted by atomic mass is 9.95. The van der Waals surface area contributed by atoms with Crippen LogP contribution in [0.3, 0.4) is 0 Å². The Labute approximate surface area is 88.8 Å². The van der Waals surface area contributed by atoms with Crippen molar-refractivity contribution in [2.24, 2.45) is 0 Å². The molecule has 0 saturated carbocycles. The van der Waals surface area contributed by atoms with E-state index < -0.39 is 0 Å². The summed E-state index contributed by atoms with van der Waals surface area (Å²) in [5.41, 5.74) is 1.99. The van der Waals surface area contributed by atoms with E-state index in [0.29, 0.717) is 0 Å². The lowest BCUT2D eigenvalue weighted by molar-refractivity contribution is 0.545. The first-order valence-corrected chi connectivity index (χ1v) is 4.89. The molecule has 15 heavy (non-hydrogen) atoms. The molecule has 0 fully saturated rings. The molecular formula is C11H14N4. The summed E-state index contributed by atoms with van der Waals surface area (Å²) in [6, 6.07) is 0. The largest absolute Gasteiger partial charge is 0.285 e. The highest BCUT2D eigenvalue weighted by atomic mass is 15.1. The molecule has 4 heteroatoms. The fraction of sp³-hybridized carbons (Fsp3) is 0.364. The SMILES string of the molecule is CC(C)(C)c1ncc(-c2cn[nH]c2)cn1. The summed E-state index contributed by atoms with van der Waals surface area (Å²) in [6.07, 6.45) is 7.25. The van der Waals surface area contributed by atoms with Gasteiger partial charge in [-0.05, 0) is 0 Å². The Hall–Kier alpha value is -1.71. The molecule has 0 spiro atoms. The maximum atomic E-state index is 4.35. The van der Waals surface area contributed by atoms with E-state index in [0.717, 1.165) is 17.0 Å². The Bertz CT molecular complexity index is 423. The van der Waals surface area contributed by atoms with Crippen LogP contribution in [0.4, 0.5) is 0 Å². The third-order valence-corrected chi connectivity index (χ3v) is 2.15. The molecule has 2 aromatic rings. The molecule has 0 saturated heterocycles. The van der Waals surface area contributed by atoms with E-state index in [1.54, 1.807) is 6.20 Å². The van der Waals surface area contributed by atoms with Crippen molar-refractivity contribution in [3.63, 3.8) is 0 Å². The summed E-state index contributed by atoms with van der Waals surface area (Å²) in [6.45, 7) is 6.29. The third kappa shape index (κ3) is 2.03. The smallest absolute Gasteiger partial charge is 0.133 e. The predicted octanol–water partition coefficient (Wildman–Crippen LogP) is 2.16. The summed E-state index contributed by atoms with van der Waals surface area (Å²) in [4.78, 5) is 8.71. The number of aromatic amines is 1. The van der Waals surface area contributed by atoms with Gasteiger partial charge in [-0.15, -0.1) is 0 Å². The minimum Gasteiger partial charge on any atom is -0.285 e. The van der Waals surface area contributed by atoms with Crippen molar-refractivity contribution < 1.29 is 0 Å². The topological polar surface area (TPSA) is 54.5 Å². The molecule has 0 unspecified atom stereocenters. The van der Waals surface area contributed by atoms with Gasteiger partial charge in [-0.3, -0.25) is 5.10 Å². The van der Waals surface area contributed by atoms with Crippen LogP contribution in [0, 0.1) is 0 Å². The van der Waals surface area contributed by atoms with Crippen LogP contribution in [0.25, 0.3) is 11.1 Å². The van der Waals surface area contributed by atoms with Crippen molar-refractivity contribution in [2.75, 3.05) is 0 Å². The van der Waals surface area contributed by atoms with Gasteiger partial charge in [0, 0.05) is 35.1 Å². The van der Waals surface area contributed by atoms with Crippen LogP contribution in [0.15, 0.2) is 24.8 Å². The molecule has 0 bridgehead atoms. The summed E-state index contributed by atoms with van der Waals surface area (Å²) in [5, 5.41) is 6.66. The number of hydrogen-bond donors (Lipinski definition) is 1. The highest BCUT2D eigenvalue weighted by Crippen LogP contribution is 2.20. The molecule has 78 valence electrons. The average molecular weight is 202 g/mol. The van der Waals surface area contributed by atoms with Crippen molar-refractivity contribution in [3.8, 4) is 11.1 Å². The van der Waals surface area contributed by atoms with Gasteiger partial charge < -0.3 is 0 Å². The first-order chi connectivity index (χ1) is 7.07. The molecule has 2 aromatic heterocycles. The zero-order valence-electron chi connectivity index (χ0n) is 9.15. The Balaban J connectivity index is 2.33. The molecule has 0 aromatic carbocycles. The van der Waals surface area contributed by atoms with Crippen LogP contribution in [0.5, 0.6) is 0 Å². The molecule has 0 amide bonds. The van der Waals surface area contributed by atoms with Gasteiger partial charge in [0.25, 0.3) is 0 Å². The molecule has 0 atom stereocenters. The molecule has 0 radical (unpaired) electrons. The first kappa shape index (κ1) is 9.83. The van der Waals surface area contributed by atoms with Gasteiger partial charge in [-0.25, -0.2) is 9.97 Å². The minimum absolute atomic E-state index is 0.00503. The summed E-state index contributed by atoms with van der Waals surface area (Å²) in [5.74, 6) is 0.856. The van der Waals surface area contributed by atoms with Crippen molar-refractivity contribution >= 4 is 0 Å². The second-order valence-electron chi connectivity index (χ2n) is 4.53. The quantitative estimate of drug-likeness (QED) is 0.771. The van der Waals surface area contributed by atoms with Crippen molar-refractivity contribution in [1.82, 2.24) is 20.2 Å². The van der Waals surface area contributed by atoms with Crippen LogP contribution in [0.1, 0.15) is 26.6 Å². The van der Waals surface area contributed by atoms with E-state index in [1.165, 1.54) is 0 Å². The summed E-state index contributed by atoms with van der Waals surface area (Å²) >= 11 is 0. The highest BCUT2D eigenvalue weighted by Gasteiger charge is 2.16. The Morgan fingerprint density at radius 1 is 1.00 bits per heavy atom. The molecular weight excluding hydrogens is 188 g/mol. The third-order valence-electron chi connectivity index (χ3n) is 2.15. The lowest BCUT2D eigenvalue weighted by Crippen LogP contribution is -2.15. The molecule has 0 aliphatic carbocycles. The van der Waals surface area contributed by atoms with Gasteiger partial charge in [0.1, 0.15) is 5.82 Å². The van der Waals surface area contributed by atoms with E-state index in [1.807, 2.05) is 18.6 Å². The number of rotatable bonds is 1. The van der Waals surface area contributed by atoms with E-state index in [9.17, 15) is 0 Å². The van der Waals surface area contributed by atoms with E-state index in [4.69, 9.17) is 0 Å². The lowest BCUT2D eigenvalue weighted by Gasteiger charge is -2.15. The second kappa shape index (κ2) is 3.46. The fourth-order valence-corrected chi connectivity index (χ4v) is 1.27.